The number of methoxy groups -OCH3 is 2. The molecule has 2 atom stereocenters. The van der Waals surface area contributed by atoms with Gasteiger partial charge in [-0.05, 0) is 39.5 Å². The van der Waals surface area contributed by atoms with Crippen molar-refractivity contribution < 1.29 is 19.1 Å². The number of carbonyl (C=O) groups excluding carboxylic acids is 2. The summed E-state index contributed by atoms with van der Waals surface area (Å²) in [6.07, 6.45) is 2.64. The molecule has 6 nitrogen and oxygen atoms in total. The van der Waals surface area contributed by atoms with E-state index in [2.05, 4.69) is 10.6 Å². The molecular weight excluding hydrogens is 260 g/mol. The molecule has 0 aliphatic heterocycles. The minimum atomic E-state index is -0.421. The molecule has 1 fully saturated rings. The van der Waals surface area contributed by atoms with E-state index in [1.165, 1.54) is 14.2 Å². The Morgan fingerprint density at radius 3 is 1.40 bits per heavy atom. The van der Waals surface area contributed by atoms with E-state index in [1.807, 2.05) is 0 Å². The van der Waals surface area contributed by atoms with Crippen LogP contribution in [-0.4, -0.2) is 50.3 Å². The average Bonchev–Trinajstić information content (AvgIpc) is 2.47. The highest BCUT2D eigenvalue weighted by Gasteiger charge is 2.25. The van der Waals surface area contributed by atoms with Gasteiger partial charge in [0.2, 0.25) is 11.8 Å². The second-order valence-corrected chi connectivity index (χ2v) is 5.32. The van der Waals surface area contributed by atoms with E-state index in [0.717, 1.165) is 25.7 Å². The lowest BCUT2D eigenvalue weighted by molar-refractivity contribution is -0.132. The number of hydrogen-bond acceptors (Lipinski definition) is 4. The first kappa shape index (κ1) is 16.9. The predicted octanol–water partition coefficient (Wildman–Crippen LogP) is 0.600. The van der Waals surface area contributed by atoms with Crippen LogP contribution in [0.3, 0.4) is 0 Å². The second-order valence-electron chi connectivity index (χ2n) is 5.32. The topological polar surface area (TPSA) is 76.7 Å². The van der Waals surface area contributed by atoms with Crippen molar-refractivity contribution in [3.8, 4) is 0 Å². The highest BCUT2D eigenvalue weighted by atomic mass is 16.5. The summed E-state index contributed by atoms with van der Waals surface area (Å²) in [6, 6.07) is 0.348. The smallest absolute Gasteiger partial charge is 0.249 e. The van der Waals surface area contributed by atoms with Gasteiger partial charge in [0.15, 0.2) is 0 Å². The van der Waals surface area contributed by atoms with Crippen molar-refractivity contribution >= 4 is 11.8 Å². The SMILES string of the molecule is CO[C@@H](C)C(=O)NC1CCC(NC(=O)[C@@H](C)OC)CC1. The number of carbonyl (C=O) groups is 2. The normalized spacial score (nSPS) is 25.6. The van der Waals surface area contributed by atoms with Gasteiger partial charge in [-0.3, -0.25) is 9.59 Å². The van der Waals surface area contributed by atoms with Crippen LogP contribution in [-0.2, 0) is 19.1 Å². The summed E-state index contributed by atoms with van der Waals surface area (Å²) in [4.78, 5) is 23.4. The van der Waals surface area contributed by atoms with E-state index < -0.39 is 12.2 Å². The Morgan fingerprint density at radius 1 is 0.850 bits per heavy atom. The van der Waals surface area contributed by atoms with Gasteiger partial charge in [0.1, 0.15) is 12.2 Å². The molecule has 0 spiro atoms. The molecule has 0 bridgehead atoms. The van der Waals surface area contributed by atoms with Gasteiger partial charge in [0, 0.05) is 26.3 Å². The Bertz CT molecular complexity index is 295. The van der Waals surface area contributed by atoms with Crippen molar-refractivity contribution in [1.29, 1.82) is 0 Å². The fourth-order valence-corrected chi connectivity index (χ4v) is 2.23. The lowest BCUT2D eigenvalue weighted by Crippen LogP contribution is -2.47. The first-order valence-electron chi connectivity index (χ1n) is 7.14. The third-order valence-corrected chi connectivity index (χ3v) is 3.87. The Hall–Kier alpha value is -1.14. The van der Waals surface area contributed by atoms with Gasteiger partial charge in [-0.1, -0.05) is 0 Å². The van der Waals surface area contributed by atoms with Crippen LogP contribution in [0, 0.1) is 0 Å². The number of nitrogens with one attached hydrogen (secondary N) is 2. The number of amides is 2. The van der Waals surface area contributed by atoms with E-state index in [0.29, 0.717) is 0 Å². The Morgan fingerprint density at radius 2 is 1.15 bits per heavy atom. The molecular formula is C14H26N2O4. The summed E-state index contributed by atoms with van der Waals surface area (Å²) in [5.74, 6) is -0.152. The highest BCUT2D eigenvalue weighted by molar-refractivity contribution is 5.81. The molecule has 6 heteroatoms. The molecule has 1 rings (SSSR count). The average molecular weight is 286 g/mol. The Labute approximate surface area is 120 Å². The van der Waals surface area contributed by atoms with Crippen LogP contribution >= 0.6 is 0 Å². The molecule has 0 aromatic carbocycles. The van der Waals surface area contributed by atoms with Gasteiger partial charge in [0.05, 0.1) is 0 Å². The largest absolute Gasteiger partial charge is 0.372 e. The van der Waals surface area contributed by atoms with Crippen molar-refractivity contribution in [2.45, 2.75) is 63.8 Å². The molecule has 20 heavy (non-hydrogen) atoms. The zero-order valence-electron chi connectivity index (χ0n) is 12.8. The minimum absolute atomic E-state index is 0.0759. The van der Waals surface area contributed by atoms with Crippen molar-refractivity contribution in [3.63, 3.8) is 0 Å². The van der Waals surface area contributed by atoms with Gasteiger partial charge in [-0.25, -0.2) is 0 Å². The molecule has 1 saturated carbocycles. The molecule has 116 valence electrons. The fraction of sp³-hybridized carbons (Fsp3) is 0.857. The van der Waals surface area contributed by atoms with Gasteiger partial charge in [-0.2, -0.15) is 0 Å². The maximum absolute atomic E-state index is 11.7. The lowest BCUT2D eigenvalue weighted by atomic mass is 9.91. The molecule has 2 amide bonds. The molecule has 1 aliphatic rings. The number of ether oxygens (including phenoxy) is 2. The third kappa shape index (κ3) is 5.09. The molecule has 0 aromatic heterocycles. The van der Waals surface area contributed by atoms with E-state index >= 15 is 0 Å². The number of hydrogen-bond donors (Lipinski definition) is 2. The third-order valence-electron chi connectivity index (χ3n) is 3.87. The minimum Gasteiger partial charge on any atom is -0.372 e. The Balaban J connectivity index is 2.30. The van der Waals surface area contributed by atoms with Crippen molar-refractivity contribution in [2.75, 3.05) is 14.2 Å². The molecule has 0 radical (unpaired) electrons. The zero-order valence-corrected chi connectivity index (χ0v) is 12.8. The summed E-state index contributed by atoms with van der Waals surface area (Å²) in [7, 11) is 3.04. The molecule has 0 aromatic rings. The van der Waals surface area contributed by atoms with Crippen LogP contribution in [0.1, 0.15) is 39.5 Å². The maximum Gasteiger partial charge on any atom is 0.249 e. The highest BCUT2D eigenvalue weighted by Crippen LogP contribution is 2.19. The van der Waals surface area contributed by atoms with Gasteiger partial charge < -0.3 is 20.1 Å². The number of rotatable bonds is 6. The molecule has 1 aliphatic carbocycles. The van der Waals surface area contributed by atoms with Crippen LogP contribution in [0.25, 0.3) is 0 Å². The van der Waals surface area contributed by atoms with Crippen LogP contribution in [0.2, 0.25) is 0 Å². The molecule has 0 saturated heterocycles. The molecule has 0 unspecified atom stereocenters. The summed E-state index contributed by atoms with van der Waals surface area (Å²) in [5, 5.41) is 5.95. The zero-order chi connectivity index (χ0) is 15.1. The molecule has 2 N–H and O–H groups in total. The Kier molecular flexibility index (Phi) is 6.95. The monoisotopic (exact) mass is 286 g/mol. The van der Waals surface area contributed by atoms with Crippen molar-refractivity contribution in [1.82, 2.24) is 10.6 Å². The van der Waals surface area contributed by atoms with Gasteiger partial charge in [-0.15, -0.1) is 0 Å². The first-order chi connectivity index (χ1) is 9.47. The van der Waals surface area contributed by atoms with Crippen LogP contribution in [0.5, 0.6) is 0 Å². The van der Waals surface area contributed by atoms with Crippen molar-refractivity contribution in [2.24, 2.45) is 0 Å². The second kappa shape index (κ2) is 8.21. The summed E-state index contributed by atoms with van der Waals surface area (Å²) in [5.41, 5.74) is 0. The van der Waals surface area contributed by atoms with Gasteiger partial charge >= 0.3 is 0 Å². The predicted molar refractivity (Wildman–Crippen MR) is 75.3 cm³/mol. The summed E-state index contributed by atoms with van der Waals surface area (Å²) < 4.78 is 9.97. The van der Waals surface area contributed by atoms with Gasteiger partial charge in [0.25, 0.3) is 0 Å². The van der Waals surface area contributed by atoms with Crippen LogP contribution in [0.15, 0.2) is 0 Å². The standard InChI is InChI=1S/C14H26N2O4/c1-9(19-3)13(17)15-11-5-7-12(8-6-11)16-14(18)10(2)20-4/h9-12H,5-8H2,1-4H3,(H,15,17)(H,16,18)/t9-,10+,11?,12?. The first-order valence-corrected chi connectivity index (χ1v) is 7.14. The van der Waals surface area contributed by atoms with E-state index in [9.17, 15) is 9.59 Å². The molecule has 0 heterocycles. The van der Waals surface area contributed by atoms with E-state index in [4.69, 9.17) is 9.47 Å². The fourth-order valence-electron chi connectivity index (χ4n) is 2.23. The quantitative estimate of drug-likeness (QED) is 0.749. The van der Waals surface area contributed by atoms with Crippen LogP contribution in [0.4, 0.5) is 0 Å². The lowest BCUT2D eigenvalue weighted by Gasteiger charge is -2.30. The van der Waals surface area contributed by atoms with E-state index in [1.54, 1.807) is 13.8 Å². The summed E-state index contributed by atoms with van der Waals surface area (Å²) >= 11 is 0. The van der Waals surface area contributed by atoms with Crippen molar-refractivity contribution in [3.05, 3.63) is 0 Å². The van der Waals surface area contributed by atoms with Crippen LogP contribution < -0.4 is 10.6 Å². The maximum atomic E-state index is 11.7. The van der Waals surface area contributed by atoms with E-state index in [-0.39, 0.29) is 23.9 Å². The summed E-state index contributed by atoms with van der Waals surface area (Å²) in [6.45, 7) is 3.46.